The normalized spacial score (nSPS) is 40.0. The maximum Gasteiger partial charge on any atom is 0.415 e. The maximum absolute atomic E-state index is 12.3. The van der Waals surface area contributed by atoms with E-state index in [2.05, 4.69) is 0 Å². The zero-order valence-corrected chi connectivity index (χ0v) is 13.2. The third kappa shape index (κ3) is 2.53. The van der Waals surface area contributed by atoms with Gasteiger partial charge in [-0.1, -0.05) is 24.3 Å². The van der Waals surface area contributed by atoms with Crippen LogP contribution in [-0.2, 0) is 19.1 Å². The van der Waals surface area contributed by atoms with Crippen LogP contribution in [0.1, 0.15) is 6.92 Å². The average Bonchev–Trinajstić information content (AvgIpc) is 3.29. The SMILES string of the molecule is CC1=C(C(F)(F)F)C2C=CC1O2.O=C1C=CC(=O)C2C3C=CC(O3)C12. The van der Waals surface area contributed by atoms with Crippen molar-refractivity contribution in [2.75, 3.05) is 0 Å². The second kappa shape index (κ2) is 5.51. The largest absolute Gasteiger partial charge is 0.415 e. The number of alkyl halides is 3. The van der Waals surface area contributed by atoms with Crippen molar-refractivity contribution in [1.82, 2.24) is 0 Å². The smallest absolute Gasteiger partial charge is 0.365 e. The summed E-state index contributed by atoms with van der Waals surface area (Å²) < 4.78 is 47.4. The molecule has 4 bridgehead atoms. The summed E-state index contributed by atoms with van der Waals surface area (Å²) in [7, 11) is 0. The molecule has 7 heteroatoms. The van der Waals surface area contributed by atoms with Crippen LogP contribution in [0.3, 0.4) is 0 Å². The van der Waals surface area contributed by atoms with Gasteiger partial charge < -0.3 is 9.47 Å². The molecule has 132 valence electrons. The molecule has 1 fully saturated rings. The minimum atomic E-state index is -4.24. The van der Waals surface area contributed by atoms with Crippen molar-refractivity contribution in [3.63, 3.8) is 0 Å². The molecule has 1 aliphatic carbocycles. The zero-order chi connectivity index (χ0) is 17.9. The monoisotopic (exact) mass is 352 g/mol. The number of allylic oxidation sites excluding steroid dienone is 2. The van der Waals surface area contributed by atoms with Crippen molar-refractivity contribution < 1.29 is 32.2 Å². The molecular formula is C18H15F3O4. The first-order chi connectivity index (χ1) is 11.8. The van der Waals surface area contributed by atoms with Gasteiger partial charge in [0, 0.05) is 0 Å². The number of ether oxygens (including phenoxy) is 2. The van der Waals surface area contributed by atoms with Gasteiger partial charge in [0.25, 0.3) is 0 Å². The first-order valence-corrected chi connectivity index (χ1v) is 7.98. The standard InChI is InChI=1S/C10H8O3.C8H7F3O/c11-5-1-2-6(12)10-8-4-3-7(13-8)9(5)10;1-4-5-2-3-6(12-5)7(4)8(9,10)11/h1-4,7-10H;2-3,5-6H,1H3. The number of halogens is 3. The van der Waals surface area contributed by atoms with Crippen LogP contribution in [0.25, 0.3) is 0 Å². The van der Waals surface area contributed by atoms with E-state index in [9.17, 15) is 22.8 Å². The number of carbonyl (C=O) groups excluding carboxylic acids is 2. The number of ketones is 2. The molecule has 25 heavy (non-hydrogen) atoms. The molecule has 0 aromatic carbocycles. The van der Waals surface area contributed by atoms with Gasteiger partial charge in [-0.3, -0.25) is 9.59 Å². The molecule has 0 amide bonds. The average molecular weight is 352 g/mol. The molecule has 4 aliphatic heterocycles. The Kier molecular flexibility index (Phi) is 3.63. The van der Waals surface area contributed by atoms with Crippen molar-refractivity contribution in [3.05, 3.63) is 47.6 Å². The molecule has 0 aromatic rings. The van der Waals surface area contributed by atoms with Crippen LogP contribution < -0.4 is 0 Å². The minimum Gasteiger partial charge on any atom is -0.365 e. The molecule has 0 N–H and O–H groups in total. The highest BCUT2D eigenvalue weighted by Gasteiger charge is 2.52. The summed E-state index contributed by atoms with van der Waals surface area (Å²) in [6, 6.07) is 0. The van der Waals surface area contributed by atoms with Gasteiger partial charge in [0.15, 0.2) is 11.6 Å². The molecule has 1 saturated heterocycles. The van der Waals surface area contributed by atoms with Crippen LogP contribution in [-0.4, -0.2) is 42.2 Å². The lowest BCUT2D eigenvalue weighted by Gasteiger charge is -2.23. The Labute approximate surface area is 141 Å². The molecule has 0 aromatic heterocycles. The van der Waals surface area contributed by atoms with Crippen LogP contribution in [0.4, 0.5) is 13.2 Å². The van der Waals surface area contributed by atoms with E-state index in [1.807, 2.05) is 12.2 Å². The predicted octanol–water partition coefficient (Wildman–Crippen LogP) is 2.47. The van der Waals surface area contributed by atoms with Crippen molar-refractivity contribution in [2.45, 2.75) is 37.5 Å². The van der Waals surface area contributed by atoms with Crippen LogP contribution in [0.2, 0.25) is 0 Å². The lowest BCUT2D eigenvalue weighted by atomic mass is 9.75. The van der Waals surface area contributed by atoms with Crippen LogP contribution >= 0.6 is 0 Å². The summed E-state index contributed by atoms with van der Waals surface area (Å²) >= 11 is 0. The highest BCUT2D eigenvalue weighted by molar-refractivity contribution is 6.08. The third-order valence-corrected chi connectivity index (χ3v) is 5.16. The first-order valence-electron chi connectivity index (χ1n) is 7.98. The number of hydrogen-bond donors (Lipinski definition) is 0. The van der Waals surface area contributed by atoms with Gasteiger partial charge in [0.1, 0.15) is 6.10 Å². The lowest BCUT2D eigenvalue weighted by Crippen LogP contribution is -2.37. The van der Waals surface area contributed by atoms with Gasteiger partial charge in [-0.2, -0.15) is 13.2 Å². The number of hydrogen-bond acceptors (Lipinski definition) is 4. The molecule has 0 saturated carbocycles. The maximum atomic E-state index is 12.3. The van der Waals surface area contributed by atoms with E-state index in [1.54, 1.807) is 6.08 Å². The highest BCUT2D eigenvalue weighted by Crippen LogP contribution is 2.43. The highest BCUT2D eigenvalue weighted by atomic mass is 19.4. The van der Waals surface area contributed by atoms with E-state index in [4.69, 9.17) is 9.47 Å². The predicted molar refractivity (Wildman–Crippen MR) is 80.5 cm³/mol. The fourth-order valence-electron chi connectivity index (χ4n) is 4.00. The number of carbonyl (C=O) groups is 2. The molecule has 5 rings (SSSR count). The quantitative estimate of drug-likeness (QED) is 0.629. The van der Waals surface area contributed by atoms with Gasteiger partial charge in [-0.05, 0) is 24.6 Å². The van der Waals surface area contributed by atoms with Crippen molar-refractivity contribution in [1.29, 1.82) is 0 Å². The summed E-state index contributed by atoms with van der Waals surface area (Å²) in [5, 5.41) is 0. The lowest BCUT2D eigenvalue weighted by molar-refractivity contribution is -0.128. The van der Waals surface area contributed by atoms with Gasteiger partial charge in [0.05, 0.1) is 35.7 Å². The summed E-state index contributed by atoms with van der Waals surface area (Å²) in [5.74, 6) is -0.428. The van der Waals surface area contributed by atoms with Crippen LogP contribution in [0.15, 0.2) is 47.6 Å². The fraction of sp³-hybridized carbons (Fsp3) is 0.444. The summed E-state index contributed by atoms with van der Waals surface area (Å²) in [4.78, 5) is 22.9. The fourth-order valence-corrected chi connectivity index (χ4v) is 4.00. The Morgan fingerprint density at radius 2 is 1.36 bits per heavy atom. The molecule has 0 radical (unpaired) electrons. The summed E-state index contributed by atoms with van der Waals surface area (Å²) in [5.41, 5.74) is -0.218. The minimum absolute atomic E-state index is 0.0291. The molecule has 4 heterocycles. The van der Waals surface area contributed by atoms with Gasteiger partial charge in [-0.15, -0.1) is 0 Å². The molecule has 0 spiro atoms. The molecule has 6 unspecified atom stereocenters. The van der Waals surface area contributed by atoms with E-state index in [1.165, 1.54) is 25.2 Å². The Bertz CT molecular complexity index is 727. The third-order valence-electron chi connectivity index (χ3n) is 5.16. The van der Waals surface area contributed by atoms with E-state index in [0.717, 1.165) is 0 Å². The van der Waals surface area contributed by atoms with Crippen LogP contribution in [0.5, 0.6) is 0 Å². The Morgan fingerprint density at radius 3 is 1.76 bits per heavy atom. The number of rotatable bonds is 0. The summed E-state index contributed by atoms with van der Waals surface area (Å²) in [6.07, 6.45) is 3.80. The zero-order valence-electron chi connectivity index (χ0n) is 13.2. The van der Waals surface area contributed by atoms with Gasteiger partial charge in [-0.25, -0.2) is 0 Å². The molecule has 4 nitrogen and oxygen atoms in total. The Hall–Kier alpha value is -1.99. The number of fused-ring (bicyclic) bond motifs is 7. The second-order valence-electron chi connectivity index (χ2n) is 6.60. The van der Waals surface area contributed by atoms with Crippen molar-refractivity contribution >= 4 is 11.6 Å². The van der Waals surface area contributed by atoms with E-state index >= 15 is 0 Å². The van der Waals surface area contributed by atoms with Gasteiger partial charge >= 0.3 is 6.18 Å². The first kappa shape index (κ1) is 16.5. The van der Waals surface area contributed by atoms with Crippen molar-refractivity contribution in [2.24, 2.45) is 11.8 Å². The van der Waals surface area contributed by atoms with Crippen LogP contribution in [0, 0.1) is 11.8 Å². The molecule has 5 aliphatic rings. The topological polar surface area (TPSA) is 52.6 Å². The second-order valence-corrected chi connectivity index (χ2v) is 6.60. The Balaban J connectivity index is 0.000000126. The van der Waals surface area contributed by atoms with Gasteiger partial charge in [0.2, 0.25) is 0 Å². The molecule has 6 atom stereocenters. The molecular weight excluding hydrogens is 337 g/mol. The van der Waals surface area contributed by atoms with E-state index < -0.39 is 24.0 Å². The van der Waals surface area contributed by atoms with Crippen molar-refractivity contribution in [3.8, 4) is 0 Å². The summed E-state index contributed by atoms with van der Waals surface area (Å²) in [6.45, 7) is 1.47. The van der Waals surface area contributed by atoms with E-state index in [-0.39, 0.29) is 35.6 Å². The van der Waals surface area contributed by atoms with E-state index in [0.29, 0.717) is 5.57 Å². The Morgan fingerprint density at radius 1 is 0.840 bits per heavy atom.